The van der Waals surface area contributed by atoms with Crippen LogP contribution in [0.15, 0.2) is 33.9 Å². The number of carboxylic acid groups (broad SMARTS) is 1. The molecule has 0 aliphatic heterocycles. The summed E-state index contributed by atoms with van der Waals surface area (Å²) >= 11 is 4.47. The molecule has 0 spiro atoms. The maximum atomic E-state index is 10.7. The Kier molecular flexibility index (Phi) is 5.38. The number of hydrogen-bond acceptors (Lipinski definition) is 5. The van der Waals surface area contributed by atoms with Crippen LogP contribution >= 0.6 is 27.7 Å². The van der Waals surface area contributed by atoms with Crippen molar-refractivity contribution < 1.29 is 15.0 Å². The SMILES string of the molecule is CC(c1ccc(Br)cc1)n1c(CO)nnc1SCC(=O)O. The Balaban J connectivity index is 2.33. The summed E-state index contributed by atoms with van der Waals surface area (Å²) in [5.74, 6) is -0.605. The van der Waals surface area contributed by atoms with Gasteiger partial charge in [0.05, 0.1) is 11.8 Å². The van der Waals surface area contributed by atoms with Crippen LogP contribution in [0.1, 0.15) is 24.4 Å². The highest BCUT2D eigenvalue weighted by Gasteiger charge is 2.19. The lowest BCUT2D eigenvalue weighted by Gasteiger charge is -2.17. The van der Waals surface area contributed by atoms with Crippen molar-refractivity contribution in [2.45, 2.75) is 24.7 Å². The van der Waals surface area contributed by atoms with Gasteiger partial charge in [0, 0.05) is 4.47 Å². The van der Waals surface area contributed by atoms with Crippen LogP contribution in [0.5, 0.6) is 0 Å². The molecule has 1 atom stereocenters. The van der Waals surface area contributed by atoms with E-state index in [9.17, 15) is 9.90 Å². The summed E-state index contributed by atoms with van der Waals surface area (Å²) in [6.07, 6.45) is 0. The Labute approximate surface area is 134 Å². The first-order valence-electron chi connectivity index (χ1n) is 6.17. The van der Waals surface area contributed by atoms with Crippen molar-refractivity contribution in [2.75, 3.05) is 5.75 Å². The molecule has 0 aliphatic rings. The molecule has 0 saturated heterocycles. The van der Waals surface area contributed by atoms with Gasteiger partial charge in [-0.3, -0.25) is 9.36 Å². The van der Waals surface area contributed by atoms with E-state index in [1.807, 2.05) is 31.2 Å². The van der Waals surface area contributed by atoms with Crippen LogP contribution < -0.4 is 0 Å². The Morgan fingerprint density at radius 3 is 2.62 bits per heavy atom. The molecule has 1 aromatic heterocycles. The zero-order chi connectivity index (χ0) is 15.4. The van der Waals surface area contributed by atoms with Crippen LogP contribution in [-0.2, 0) is 11.4 Å². The molecule has 112 valence electrons. The number of aliphatic hydroxyl groups excluding tert-OH is 1. The first kappa shape index (κ1) is 16.0. The molecule has 1 aromatic carbocycles. The molecule has 1 unspecified atom stereocenters. The number of carbonyl (C=O) groups is 1. The van der Waals surface area contributed by atoms with Gasteiger partial charge in [0.15, 0.2) is 11.0 Å². The highest BCUT2D eigenvalue weighted by atomic mass is 79.9. The van der Waals surface area contributed by atoms with Gasteiger partial charge in [-0.05, 0) is 24.6 Å². The lowest BCUT2D eigenvalue weighted by atomic mass is 10.1. The molecule has 2 N–H and O–H groups in total. The molecule has 0 bridgehead atoms. The van der Waals surface area contributed by atoms with Crippen LogP contribution in [0, 0.1) is 0 Å². The van der Waals surface area contributed by atoms with Gasteiger partial charge in [-0.2, -0.15) is 0 Å². The van der Waals surface area contributed by atoms with Crippen LogP contribution in [0.2, 0.25) is 0 Å². The van der Waals surface area contributed by atoms with Gasteiger partial charge < -0.3 is 10.2 Å². The summed E-state index contributed by atoms with van der Waals surface area (Å²) in [4.78, 5) is 10.7. The van der Waals surface area contributed by atoms with Gasteiger partial charge in [-0.25, -0.2) is 0 Å². The molecule has 0 saturated carbocycles. The van der Waals surface area contributed by atoms with Gasteiger partial charge in [0.25, 0.3) is 0 Å². The smallest absolute Gasteiger partial charge is 0.313 e. The third-order valence-corrected chi connectivity index (χ3v) is 4.40. The van der Waals surface area contributed by atoms with Crippen LogP contribution in [0.3, 0.4) is 0 Å². The highest BCUT2D eigenvalue weighted by Crippen LogP contribution is 2.27. The fourth-order valence-electron chi connectivity index (χ4n) is 1.92. The summed E-state index contributed by atoms with van der Waals surface area (Å²) in [7, 11) is 0. The molecule has 0 radical (unpaired) electrons. The van der Waals surface area contributed by atoms with Crippen molar-refractivity contribution in [1.82, 2.24) is 14.8 Å². The number of benzene rings is 1. The number of hydrogen-bond donors (Lipinski definition) is 2. The predicted octanol–water partition coefficient (Wildman–Crippen LogP) is 2.32. The predicted molar refractivity (Wildman–Crippen MR) is 82.3 cm³/mol. The Morgan fingerprint density at radius 2 is 2.05 bits per heavy atom. The summed E-state index contributed by atoms with van der Waals surface area (Å²) in [5, 5.41) is 26.5. The van der Waals surface area contributed by atoms with E-state index in [0.717, 1.165) is 21.8 Å². The van der Waals surface area contributed by atoms with Gasteiger partial charge >= 0.3 is 5.97 Å². The van der Waals surface area contributed by atoms with Gasteiger partial charge in [-0.1, -0.05) is 39.8 Å². The maximum Gasteiger partial charge on any atom is 0.313 e. The highest BCUT2D eigenvalue weighted by molar-refractivity contribution is 9.10. The zero-order valence-corrected chi connectivity index (χ0v) is 13.6. The summed E-state index contributed by atoms with van der Waals surface area (Å²) in [5.41, 5.74) is 1.02. The summed E-state index contributed by atoms with van der Waals surface area (Å²) in [6.45, 7) is 1.71. The van der Waals surface area contributed by atoms with Gasteiger partial charge in [0.1, 0.15) is 6.61 Å². The van der Waals surface area contributed by atoms with Gasteiger partial charge in [-0.15, -0.1) is 10.2 Å². The first-order valence-corrected chi connectivity index (χ1v) is 7.95. The third kappa shape index (κ3) is 3.84. The largest absolute Gasteiger partial charge is 0.481 e. The number of carboxylic acids is 1. The average molecular weight is 372 g/mol. The number of thioether (sulfide) groups is 1. The van der Waals surface area contributed by atoms with E-state index in [0.29, 0.717) is 11.0 Å². The van der Waals surface area contributed by atoms with E-state index >= 15 is 0 Å². The van der Waals surface area contributed by atoms with Crippen molar-refractivity contribution in [2.24, 2.45) is 0 Å². The van der Waals surface area contributed by atoms with E-state index in [1.165, 1.54) is 0 Å². The molecular formula is C13H14BrN3O3S. The normalized spacial score (nSPS) is 12.3. The Bertz CT molecular complexity index is 630. The van der Waals surface area contributed by atoms with E-state index < -0.39 is 5.97 Å². The minimum Gasteiger partial charge on any atom is -0.481 e. The quantitative estimate of drug-likeness (QED) is 0.757. The molecule has 21 heavy (non-hydrogen) atoms. The fraction of sp³-hybridized carbons (Fsp3) is 0.308. The third-order valence-electron chi connectivity index (χ3n) is 2.94. The van der Waals surface area contributed by atoms with Crippen molar-refractivity contribution >= 4 is 33.7 Å². The molecule has 1 heterocycles. The molecule has 0 aliphatic carbocycles. The summed E-state index contributed by atoms with van der Waals surface area (Å²) in [6, 6.07) is 7.67. The number of aliphatic carboxylic acids is 1. The average Bonchev–Trinajstić information content (AvgIpc) is 2.88. The lowest BCUT2D eigenvalue weighted by molar-refractivity contribution is -0.133. The molecule has 0 amide bonds. The number of rotatable bonds is 6. The Morgan fingerprint density at radius 1 is 1.38 bits per heavy atom. The number of aliphatic hydroxyl groups is 1. The van der Waals surface area contributed by atoms with E-state index in [-0.39, 0.29) is 18.4 Å². The molecule has 2 aromatic rings. The second kappa shape index (κ2) is 7.06. The van der Waals surface area contributed by atoms with Crippen molar-refractivity contribution in [3.63, 3.8) is 0 Å². The second-order valence-electron chi connectivity index (χ2n) is 4.34. The molecule has 6 nitrogen and oxygen atoms in total. The summed E-state index contributed by atoms with van der Waals surface area (Å²) < 4.78 is 2.74. The molecule has 0 fully saturated rings. The molecular weight excluding hydrogens is 358 g/mol. The number of nitrogens with zero attached hydrogens (tertiary/aromatic N) is 3. The topological polar surface area (TPSA) is 88.2 Å². The minimum absolute atomic E-state index is 0.101. The van der Waals surface area contributed by atoms with Crippen LogP contribution in [0.25, 0.3) is 0 Å². The molecule has 2 rings (SSSR count). The minimum atomic E-state index is -0.920. The van der Waals surface area contributed by atoms with E-state index in [1.54, 1.807) is 4.57 Å². The zero-order valence-electron chi connectivity index (χ0n) is 11.2. The van der Waals surface area contributed by atoms with Crippen molar-refractivity contribution in [3.05, 3.63) is 40.1 Å². The van der Waals surface area contributed by atoms with Gasteiger partial charge in [0.2, 0.25) is 0 Å². The second-order valence-corrected chi connectivity index (χ2v) is 6.20. The van der Waals surface area contributed by atoms with Crippen LogP contribution in [0.4, 0.5) is 0 Å². The standard InChI is InChI=1S/C13H14BrN3O3S/c1-8(9-2-4-10(14)5-3-9)17-11(6-18)15-16-13(17)21-7-12(19)20/h2-5,8,18H,6-7H2,1H3,(H,19,20). The molecule has 8 heteroatoms. The van der Waals surface area contributed by atoms with Crippen molar-refractivity contribution in [3.8, 4) is 0 Å². The van der Waals surface area contributed by atoms with Crippen molar-refractivity contribution in [1.29, 1.82) is 0 Å². The maximum absolute atomic E-state index is 10.7. The van der Waals surface area contributed by atoms with E-state index in [2.05, 4.69) is 26.1 Å². The van der Waals surface area contributed by atoms with Crippen LogP contribution in [-0.4, -0.2) is 36.7 Å². The van der Waals surface area contributed by atoms with E-state index in [4.69, 9.17) is 5.11 Å². The number of halogens is 1. The first-order chi connectivity index (χ1) is 10.0. The Hall–Kier alpha value is -1.38. The number of aromatic nitrogens is 3. The lowest BCUT2D eigenvalue weighted by Crippen LogP contribution is -2.13. The fourth-order valence-corrected chi connectivity index (χ4v) is 2.94. The monoisotopic (exact) mass is 371 g/mol.